The third kappa shape index (κ3) is 14.0. The summed E-state index contributed by atoms with van der Waals surface area (Å²) < 4.78 is 4.99. The molecule has 1 saturated heterocycles. The number of rotatable bonds is 14. The quantitative estimate of drug-likeness (QED) is 0.0658. The number of carboxylic acid groups (broad SMARTS) is 1. The van der Waals surface area contributed by atoms with Crippen LogP contribution in [0.2, 0.25) is 0 Å². The number of aliphatic hydroxyl groups excluding tert-OH is 3. The van der Waals surface area contributed by atoms with Gasteiger partial charge in [0.1, 0.15) is 30.2 Å². The van der Waals surface area contributed by atoms with Crippen molar-refractivity contribution in [3.05, 3.63) is 42.2 Å². The SMILES string of the molecule is C/C=C/OC(=O)C[C@H](NC(=O)[C@@H]1CSc2[nH]c3ccccc3c2C[C@H](NC(=O)[C@@H](N)[C@@H](C)[C@@H](O)CO)C(=O)NCC(=O)N[C@@H]([C@@H](C)CC)C(=O)NCC(=O)N1)C(=O)N1C[C@H](O)C[C@H]1C(=O)O. The number of H-pyrrole nitrogens is 1. The van der Waals surface area contributed by atoms with Gasteiger partial charge in [0.25, 0.3) is 0 Å². The van der Waals surface area contributed by atoms with Crippen LogP contribution in [0.25, 0.3) is 10.9 Å². The Labute approximate surface area is 383 Å². The molecule has 3 heterocycles. The summed E-state index contributed by atoms with van der Waals surface area (Å²) in [7, 11) is 0. The highest BCUT2D eigenvalue weighted by atomic mass is 32.2. The fourth-order valence-corrected chi connectivity index (χ4v) is 8.36. The van der Waals surface area contributed by atoms with Crippen molar-refractivity contribution in [2.45, 2.75) is 107 Å². The zero-order chi connectivity index (χ0) is 48.8. The van der Waals surface area contributed by atoms with E-state index in [9.17, 15) is 63.6 Å². The molecule has 1 aromatic heterocycles. The molecule has 66 heavy (non-hydrogen) atoms. The van der Waals surface area contributed by atoms with Crippen molar-refractivity contribution in [2.75, 3.05) is 32.0 Å². The number of carboxylic acids is 1. The summed E-state index contributed by atoms with van der Waals surface area (Å²) in [4.78, 5) is 125. The number of nitrogens with zero attached hydrogens (tertiary/aromatic N) is 1. The Kier molecular flexibility index (Phi) is 19.5. The van der Waals surface area contributed by atoms with Gasteiger partial charge in [0, 0.05) is 42.0 Å². The van der Waals surface area contributed by atoms with Crippen molar-refractivity contribution in [1.29, 1.82) is 0 Å². The van der Waals surface area contributed by atoms with Crippen molar-refractivity contribution in [3.63, 3.8) is 0 Å². The lowest BCUT2D eigenvalue weighted by atomic mass is 9.95. The van der Waals surface area contributed by atoms with Gasteiger partial charge >= 0.3 is 11.9 Å². The number of aromatic amines is 1. The van der Waals surface area contributed by atoms with Gasteiger partial charge in [-0.1, -0.05) is 51.5 Å². The van der Waals surface area contributed by atoms with E-state index >= 15 is 0 Å². The third-order valence-electron chi connectivity index (χ3n) is 11.4. The number of carbonyl (C=O) groups is 9. The Morgan fingerprint density at radius 2 is 1.70 bits per heavy atom. The van der Waals surface area contributed by atoms with Crippen LogP contribution < -0.4 is 37.6 Å². The molecular formula is C42H59N9O14S. The molecule has 0 radical (unpaired) electrons. The van der Waals surface area contributed by atoms with Gasteiger partial charge in [0.15, 0.2) is 0 Å². The number of fused-ring (bicyclic) bond motifs is 3. The number of likely N-dealkylation sites (tertiary alicyclic amines) is 1. The Morgan fingerprint density at radius 1 is 1.03 bits per heavy atom. The van der Waals surface area contributed by atoms with Gasteiger partial charge in [-0.25, -0.2) is 4.79 Å². The number of thioether (sulfide) groups is 1. The summed E-state index contributed by atoms with van der Waals surface area (Å²) >= 11 is 0.974. The molecule has 2 aliphatic rings. The third-order valence-corrected chi connectivity index (χ3v) is 12.5. The Bertz CT molecular complexity index is 2150. The molecule has 0 bridgehead atoms. The molecule has 1 fully saturated rings. The molecule has 23 nitrogen and oxygen atoms in total. The first-order valence-electron chi connectivity index (χ1n) is 21.3. The van der Waals surface area contributed by atoms with Gasteiger partial charge in [-0.15, -0.1) is 11.8 Å². The molecule has 1 aromatic carbocycles. The highest BCUT2D eigenvalue weighted by Crippen LogP contribution is 2.32. The average Bonchev–Trinajstić information content (AvgIpc) is 3.87. The number of carbonyl (C=O) groups excluding carboxylic acids is 8. The zero-order valence-corrected chi connectivity index (χ0v) is 37.7. The van der Waals surface area contributed by atoms with Gasteiger partial charge in [-0.3, -0.25) is 38.4 Å². The number of aliphatic hydroxyl groups is 3. The number of nitrogens with one attached hydrogen (secondary N) is 7. The number of nitrogens with two attached hydrogens (primary N) is 1. The number of benzene rings is 1. The number of hydrogen-bond acceptors (Lipinski definition) is 15. The van der Waals surface area contributed by atoms with E-state index < -0.39 is 146 Å². The van der Waals surface area contributed by atoms with E-state index in [-0.39, 0.29) is 18.6 Å². The summed E-state index contributed by atoms with van der Waals surface area (Å²) in [6.45, 7) is 3.98. The van der Waals surface area contributed by atoms with E-state index in [0.717, 1.165) is 22.9 Å². The first kappa shape index (κ1) is 52.5. The number of para-hydroxylation sites is 1. The van der Waals surface area contributed by atoms with E-state index in [0.29, 0.717) is 27.9 Å². The second kappa shape index (κ2) is 24.4. The highest BCUT2D eigenvalue weighted by Gasteiger charge is 2.43. The summed E-state index contributed by atoms with van der Waals surface area (Å²) in [6.07, 6.45) is -1.13. The van der Waals surface area contributed by atoms with Gasteiger partial charge in [0.2, 0.25) is 41.4 Å². The first-order valence-corrected chi connectivity index (χ1v) is 22.3. The van der Waals surface area contributed by atoms with Crippen molar-refractivity contribution in [2.24, 2.45) is 17.6 Å². The molecule has 0 unspecified atom stereocenters. The van der Waals surface area contributed by atoms with Gasteiger partial charge in [0.05, 0.1) is 55.7 Å². The van der Waals surface area contributed by atoms with Gasteiger partial charge in [-0.2, -0.15) is 0 Å². The fourth-order valence-electron chi connectivity index (χ4n) is 7.24. The van der Waals surface area contributed by atoms with E-state index in [1.807, 2.05) is 0 Å². The number of esters is 1. The minimum absolute atomic E-state index is 0.256. The zero-order valence-electron chi connectivity index (χ0n) is 36.9. The summed E-state index contributed by atoms with van der Waals surface area (Å²) in [6, 6.07) is -1.96. The molecule has 2 aromatic rings. The van der Waals surface area contributed by atoms with E-state index in [1.165, 1.54) is 13.0 Å². The lowest BCUT2D eigenvalue weighted by Crippen LogP contribution is -2.58. The first-order chi connectivity index (χ1) is 31.3. The second-order valence-corrected chi connectivity index (χ2v) is 17.2. The minimum atomic E-state index is -1.75. The second-order valence-electron chi connectivity index (χ2n) is 16.1. The molecule has 0 spiro atoms. The lowest BCUT2D eigenvalue weighted by Gasteiger charge is -2.28. The number of allylic oxidation sites excluding steroid dienone is 1. The molecule has 0 saturated carbocycles. The molecule has 10 atom stereocenters. The fraction of sp³-hybridized carbons (Fsp3) is 0.548. The van der Waals surface area contributed by atoms with Gasteiger partial charge < -0.3 is 72.7 Å². The predicted octanol–water partition coefficient (Wildman–Crippen LogP) is -3.14. The molecule has 13 N–H and O–H groups in total. The van der Waals surface area contributed by atoms with Crippen LogP contribution in [0.1, 0.15) is 52.5 Å². The molecular weight excluding hydrogens is 887 g/mol. The number of amides is 7. The van der Waals surface area contributed by atoms with E-state index in [2.05, 4.69) is 36.9 Å². The maximum absolute atomic E-state index is 14.3. The van der Waals surface area contributed by atoms with E-state index in [1.54, 1.807) is 45.0 Å². The van der Waals surface area contributed by atoms with Gasteiger partial charge in [-0.05, 0) is 24.5 Å². The highest BCUT2D eigenvalue weighted by molar-refractivity contribution is 7.99. The Hall–Kier alpha value is -6.08. The number of aliphatic carboxylic acids is 1. The normalized spacial score (nSPS) is 23.6. The largest absolute Gasteiger partial charge is 0.480 e. The molecule has 362 valence electrons. The number of aromatic nitrogens is 1. The Morgan fingerprint density at radius 3 is 2.35 bits per heavy atom. The maximum Gasteiger partial charge on any atom is 0.326 e. The van der Waals surface area contributed by atoms with E-state index in [4.69, 9.17) is 10.5 Å². The number of ether oxygens (including phenoxy) is 1. The number of hydrogen-bond donors (Lipinski definition) is 12. The minimum Gasteiger partial charge on any atom is -0.480 e. The molecule has 7 amide bonds. The van der Waals surface area contributed by atoms with Crippen molar-refractivity contribution >= 4 is 76.0 Å². The topological polar surface area (TPSA) is 361 Å². The van der Waals surface area contributed by atoms with Crippen LogP contribution in [0.4, 0.5) is 0 Å². The maximum atomic E-state index is 14.3. The standard InChI is InChI=1S/C42H59N9O14S/c1-5-11-65-33(57)14-27(41(62)51-17-22(53)12-29(51)42(63)64)48-37(59)28-19-66-40-24(23-9-7-8-10-25(23)49-40)13-26(47-38(60)34(43)21(4)30(54)18-52)36(58)44-16-32(56)50-35(20(3)6-2)39(61)45-15-31(55)46-28/h5,7-11,20-22,26-30,34-35,49,52-54H,6,12-19,43H2,1-4H3,(H,44,58)(H,45,61)(H,46,55)(H,47,60)(H,48,59)(H,50,56)(H,63,64)/b11-5+/t20-,21-,22+,26-,27-,28-,29-,30-,34-,35-/m0/s1. The van der Waals surface area contributed by atoms with Crippen LogP contribution >= 0.6 is 11.8 Å². The number of β-amino-alcohol motifs (C(OH)–C–C–N with tert-alkyl or cyclic N) is 1. The van der Waals surface area contributed by atoms with Crippen molar-refractivity contribution in [1.82, 2.24) is 41.8 Å². The monoisotopic (exact) mass is 945 g/mol. The average molecular weight is 946 g/mol. The lowest BCUT2D eigenvalue weighted by molar-refractivity contribution is -0.150. The van der Waals surface area contributed by atoms with Crippen LogP contribution in [0, 0.1) is 11.8 Å². The molecule has 24 heteroatoms. The van der Waals surface area contributed by atoms with Crippen LogP contribution in [0.3, 0.4) is 0 Å². The Balaban J connectivity index is 1.78. The van der Waals surface area contributed by atoms with Crippen LogP contribution in [0.15, 0.2) is 41.6 Å². The molecule has 0 aliphatic carbocycles. The van der Waals surface area contributed by atoms with Crippen molar-refractivity contribution in [3.8, 4) is 0 Å². The van der Waals surface area contributed by atoms with Crippen LogP contribution in [-0.2, 0) is 54.3 Å². The van der Waals surface area contributed by atoms with Crippen LogP contribution in [0.5, 0.6) is 0 Å². The smallest absolute Gasteiger partial charge is 0.326 e. The summed E-state index contributed by atoms with van der Waals surface area (Å²) in [5, 5.41) is 55.8. The van der Waals surface area contributed by atoms with Crippen molar-refractivity contribution < 1.29 is 68.3 Å². The summed E-state index contributed by atoms with van der Waals surface area (Å²) in [5.74, 6) is -10.4. The predicted molar refractivity (Wildman–Crippen MR) is 235 cm³/mol. The van der Waals surface area contributed by atoms with Crippen LogP contribution in [-0.4, -0.2) is 164 Å². The molecule has 4 rings (SSSR count). The molecule has 2 aliphatic heterocycles. The summed E-state index contributed by atoms with van der Waals surface area (Å²) in [5.41, 5.74) is 7.14.